The van der Waals surface area contributed by atoms with Crippen molar-refractivity contribution in [2.45, 2.75) is 12.8 Å². The van der Waals surface area contributed by atoms with Crippen molar-refractivity contribution in [3.8, 4) is 11.8 Å². The van der Waals surface area contributed by atoms with Crippen molar-refractivity contribution in [1.29, 1.82) is 0 Å². The van der Waals surface area contributed by atoms with Crippen molar-refractivity contribution in [3.63, 3.8) is 0 Å². The highest BCUT2D eigenvalue weighted by Gasteiger charge is 2.02. The Morgan fingerprint density at radius 2 is 1.85 bits per heavy atom. The molecule has 26 heavy (non-hydrogen) atoms. The Morgan fingerprint density at radius 1 is 1.04 bits per heavy atom. The lowest BCUT2D eigenvalue weighted by Gasteiger charge is -2.05. The fourth-order valence-corrected chi connectivity index (χ4v) is 2.37. The lowest BCUT2D eigenvalue weighted by molar-refractivity contribution is 0.252. The molecule has 2 heterocycles. The van der Waals surface area contributed by atoms with Gasteiger partial charge in [0.15, 0.2) is 0 Å². The minimum atomic E-state index is -0.223. The summed E-state index contributed by atoms with van der Waals surface area (Å²) in [6.07, 6.45) is 4.67. The van der Waals surface area contributed by atoms with E-state index in [9.17, 15) is 4.79 Å². The first-order valence-electron chi connectivity index (χ1n) is 8.40. The summed E-state index contributed by atoms with van der Waals surface area (Å²) in [7, 11) is 0. The van der Waals surface area contributed by atoms with Crippen LogP contribution in [0.3, 0.4) is 0 Å². The number of anilines is 2. The molecule has 0 aliphatic rings. The van der Waals surface area contributed by atoms with Gasteiger partial charge in [-0.15, -0.1) is 11.8 Å². The second-order valence-electron chi connectivity index (χ2n) is 5.49. The normalized spacial score (nSPS) is 10.0. The molecule has 0 unspecified atom stereocenters. The minimum absolute atomic E-state index is 0.223. The number of urea groups is 1. The summed E-state index contributed by atoms with van der Waals surface area (Å²) in [6, 6.07) is 11.0. The third-order valence-corrected chi connectivity index (χ3v) is 3.59. The topological polar surface area (TPSA) is 94.7 Å². The van der Waals surface area contributed by atoms with Gasteiger partial charge in [0.25, 0.3) is 0 Å². The minimum Gasteiger partial charge on any atom is -0.368 e. The highest BCUT2D eigenvalue weighted by atomic mass is 16.2. The Hall–Kier alpha value is -3.53. The number of amides is 2. The molecule has 4 N–H and O–H groups in total. The average Bonchev–Trinajstić information content (AvgIpc) is 3.14. The van der Waals surface area contributed by atoms with E-state index in [-0.39, 0.29) is 6.03 Å². The second kappa shape index (κ2) is 9.08. The van der Waals surface area contributed by atoms with Crippen molar-refractivity contribution >= 4 is 28.6 Å². The van der Waals surface area contributed by atoms with Crippen LogP contribution in [0, 0.1) is 11.8 Å². The first kappa shape index (κ1) is 17.3. The predicted octanol–water partition coefficient (Wildman–Crippen LogP) is 2.98. The Kier molecular flexibility index (Phi) is 6.04. The van der Waals surface area contributed by atoms with Crippen LogP contribution in [0.4, 0.5) is 16.3 Å². The fraction of sp³-hybridized carbons (Fsp3) is 0.211. The molecule has 7 nitrogen and oxygen atoms in total. The number of nitrogens with zero attached hydrogens (tertiary/aromatic N) is 2. The summed E-state index contributed by atoms with van der Waals surface area (Å²) in [5.74, 6) is 6.94. The van der Waals surface area contributed by atoms with Crippen LogP contribution in [-0.2, 0) is 0 Å². The Bertz CT molecular complexity index is 910. The van der Waals surface area contributed by atoms with E-state index in [1.165, 1.54) is 6.33 Å². The molecule has 2 aromatic heterocycles. The number of hydrogen-bond donors (Lipinski definition) is 4. The van der Waals surface area contributed by atoms with Crippen molar-refractivity contribution in [2.75, 3.05) is 23.7 Å². The molecular formula is C19H20N6O. The second-order valence-corrected chi connectivity index (χ2v) is 5.49. The number of rotatable bonds is 6. The molecular weight excluding hydrogens is 328 g/mol. The number of carbonyl (C=O) groups excluding carboxylic acids is 1. The van der Waals surface area contributed by atoms with Gasteiger partial charge in [-0.1, -0.05) is 18.2 Å². The molecule has 7 heteroatoms. The summed E-state index contributed by atoms with van der Waals surface area (Å²) in [4.78, 5) is 23.1. The molecule has 0 atom stereocenters. The smallest absolute Gasteiger partial charge is 0.319 e. The maximum atomic E-state index is 11.7. The molecule has 0 bridgehead atoms. The summed E-state index contributed by atoms with van der Waals surface area (Å²) < 4.78 is 0. The largest absolute Gasteiger partial charge is 0.368 e. The third-order valence-electron chi connectivity index (χ3n) is 3.59. The number of para-hydroxylation sites is 1. The maximum Gasteiger partial charge on any atom is 0.319 e. The van der Waals surface area contributed by atoms with Crippen LogP contribution in [0.5, 0.6) is 0 Å². The van der Waals surface area contributed by atoms with Crippen LogP contribution in [0.1, 0.15) is 12.8 Å². The van der Waals surface area contributed by atoms with Crippen LogP contribution < -0.4 is 16.0 Å². The van der Waals surface area contributed by atoms with Gasteiger partial charge in [0.2, 0.25) is 0 Å². The number of aromatic nitrogens is 3. The van der Waals surface area contributed by atoms with Crippen LogP contribution >= 0.6 is 0 Å². The van der Waals surface area contributed by atoms with Crippen molar-refractivity contribution in [1.82, 2.24) is 20.3 Å². The monoisotopic (exact) mass is 348 g/mol. The molecule has 0 aliphatic heterocycles. The third kappa shape index (κ3) is 4.98. The molecule has 3 aromatic rings. The van der Waals surface area contributed by atoms with Crippen molar-refractivity contribution in [2.24, 2.45) is 0 Å². The number of nitrogens with one attached hydrogen (secondary N) is 4. The van der Waals surface area contributed by atoms with Gasteiger partial charge in [0.1, 0.15) is 17.8 Å². The maximum absolute atomic E-state index is 11.7. The van der Waals surface area contributed by atoms with Gasteiger partial charge in [0.05, 0.1) is 5.39 Å². The van der Waals surface area contributed by atoms with Crippen molar-refractivity contribution in [3.05, 3.63) is 48.9 Å². The summed E-state index contributed by atoms with van der Waals surface area (Å²) in [6.45, 7) is 1.21. The predicted molar refractivity (Wildman–Crippen MR) is 103 cm³/mol. The molecule has 0 fully saturated rings. The first-order chi connectivity index (χ1) is 12.8. The number of aromatic amines is 1. The van der Waals surface area contributed by atoms with E-state index in [1.54, 1.807) is 0 Å². The molecule has 132 valence electrons. The van der Waals surface area contributed by atoms with Crippen LogP contribution in [0.2, 0.25) is 0 Å². The highest BCUT2D eigenvalue weighted by Crippen LogP contribution is 2.16. The van der Waals surface area contributed by atoms with E-state index in [0.717, 1.165) is 22.5 Å². The molecule has 0 saturated carbocycles. The molecule has 0 aliphatic carbocycles. The zero-order valence-corrected chi connectivity index (χ0v) is 14.2. The summed E-state index contributed by atoms with van der Waals surface area (Å²) >= 11 is 0. The number of benzene rings is 1. The van der Waals surface area contributed by atoms with Crippen molar-refractivity contribution < 1.29 is 4.79 Å². The molecule has 0 radical (unpaired) electrons. The molecule has 2 amide bonds. The van der Waals surface area contributed by atoms with E-state index >= 15 is 0 Å². The Morgan fingerprint density at radius 3 is 2.69 bits per heavy atom. The molecule has 0 saturated heterocycles. The van der Waals surface area contributed by atoms with Gasteiger partial charge in [-0.2, -0.15) is 0 Å². The van der Waals surface area contributed by atoms with Crippen LogP contribution in [0.25, 0.3) is 11.0 Å². The van der Waals surface area contributed by atoms with E-state index < -0.39 is 0 Å². The quantitative estimate of drug-likeness (QED) is 0.407. The SMILES string of the molecule is O=C(NCCC#CCCNc1ncnc2[nH]ccc12)Nc1ccccc1. The first-order valence-corrected chi connectivity index (χ1v) is 8.40. The van der Waals surface area contributed by atoms with Gasteiger partial charge in [-0.05, 0) is 18.2 Å². The lowest BCUT2D eigenvalue weighted by atomic mass is 10.3. The number of carbonyl (C=O) groups is 1. The summed E-state index contributed by atoms with van der Waals surface area (Å²) in [5.41, 5.74) is 1.58. The van der Waals surface area contributed by atoms with E-state index in [2.05, 4.69) is 42.7 Å². The molecule has 3 rings (SSSR count). The summed E-state index contributed by atoms with van der Waals surface area (Å²) in [5, 5.41) is 9.76. The van der Waals surface area contributed by atoms with Crippen LogP contribution in [-0.4, -0.2) is 34.1 Å². The zero-order valence-electron chi connectivity index (χ0n) is 14.2. The van der Waals surface area contributed by atoms with Gasteiger partial charge in [0, 0.05) is 37.8 Å². The van der Waals surface area contributed by atoms with E-state index in [1.807, 2.05) is 42.6 Å². The number of fused-ring (bicyclic) bond motifs is 1. The van der Waals surface area contributed by atoms with Crippen LogP contribution in [0.15, 0.2) is 48.9 Å². The Balaban J connectivity index is 1.31. The van der Waals surface area contributed by atoms with Gasteiger partial charge >= 0.3 is 6.03 Å². The molecule has 1 aromatic carbocycles. The number of H-pyrrole nitrogens is 1. The van der Waals surface area contributed by atoms with E-state index in [0.29, 0.717) is 25.9 Å². The Labute approximate surface area is 151 Å². The van der Waals surface area contributed by atoms with Gasteiger partial charge < -0.3 is 20.9 Å². The lowest BCUT2D eigenvalue weighted by Crippen LogP contribution is -2.29. The average molecular weight is 348 g/mol. The fourth-order valence-electron chi connectivity index (χ4n) is 2.37. The zero-order chi connectivity index (χ0) is 18.0. The number of hydrogen-bond acceptors (Lipinski definition) is 4. The molecule has 0 spiro atoms. The highest BCUT2D eigenvalue weighted by molar-refractivity contribution is 5.89. The van der Waals surface area contributed by atoms with Gasteiger partial charge in [-0.3, -0.25) is 0 Å². The standard InChI is InChI=1S/C19H20N6O/c26-19(25-15-8-4-3-5-9-15)22-12-7-2-1-6-11-20-17-16-10-13-21-18(16)24-14-23-17/h3-5,8-10,13-14H,6-7,11-12H2,(H2,22,25,26)(H2,20,21,23,24). The van der Waals surface area contributed by atoms with Gasteiger partial charge in [-0.25, -0.2) is 14.8 Å². The van der Waals surface area contributed by atoms with E-state index in [4.69, 9.17) is 0 Å².